The molecule has 0 saturated heterocycles. The first-order chi connectivity index (χ1) is 26.0. The minimum atomic E-state index is -0.387. The zero-order valence-electron chi connectivity index (χ0n) is 33.9. The maximum absolute atomic E-state index is 13.1. The Hall–Kier alpha value is -2.93. The first-order valence-corrected chi connectivity index (χ1v) is 22.3. The van der Waals surface area contributed by atoms with Gasteiger partial charge in [-0.05, 0) is 96.0 Å². The summed E-state index contributed by atoms with van der Waals surface area (Å²) in [5.41, 5.74) is 1.42. The molecule has 0 aliphatic carbocycles. The normalized spacial score (nSPS) is 13.2. The van der Waals surface area contributed by atoms with Gasteiger partial charge >= 0.3 is 5.97 Å². The molecule has 0 fully saturated rings. The van der Waals surface area contributed by atoms with Gasteiger partial charge in [0.05, 0.1) is 18.7 Å². The number of carbonyl (C=O) groups excluding carboxylic acids is 3. The number of thiophene rings is 1. The van der Waals surface area contributed by atoms with Gasteiger partial charge < -0.3 is 15.0 Å². The van der Waals surface area contributed by atoms with Crippen LogP contribution in [0.5, 0.6) is 0 Å². The van der Waals surface area contributed by atoms with Gasteiger partial charge in [0.1, 0.15) is 5.00 Å². The number of unbranched alkanes of at least 4 members (excludes halogenated alkanes) is 16. The zero-order chi connectivity index (χ0) is 38.2. The summed E-state index contributed by atoms with van der Waals surface area (Å²) in [5, 5.41) is 3.61. The van der Waals surface area contributed by atoms with Crippen molar-refractivity contribution in [1.29, 1.82) is 0 Å². The maximum atomic E-state index is 13.1. The molecule has 0 aromatic carbocycles. The van der Waals surface area contributed by atoms with Crippen LogP contribution in [0, 0.1) is 0 Å². The molecule has 0 bridgehead atoms. The van der Waals surface area contributed by atoms with Crippen LogP contribution >= 0.6 is 11.3 Å². The van der Waals surface area contributed by atoms with E-state index in [2.05, 4.69) is 67.8 Å². The van der Waals surface area contributed by atoms with Crippen LogP contribution in [0.15, 0.2) is 48.6 Å². The SMILES string of the molecule is CCCCC/C=C\C/C=C\CCCCCCCC(=O)Nc1sc2c(c1C(=O)OCC)CCN(C(=O)CCCCCCC/C=C\C/C=C\CCCCC)C2. The summed E-state index contributed by atoms with van der Waals surface area (Å²) >= 11 is 1.43. The summed E-state index contributed by atoms with van der Waals surface area (Å²) in [6.45, 7) is 7.64. The number of nitrogens with one attached hydrogen (secondary N) is 1. The molecule has 2 amide bonds. The summed E-state index contributed by atoms with van der Waals surface area (Å²) in [6.07, 6.45) is 45.3. The van der Waals surface area contributed by atoms with E-state index in [4.69, 9.17) is 4.74 Å². The molecule has 1 aliphatic rings. The molecule has 1 aromatic rings. The largest absolute Gasteiger partial charge is 0.462 e. The number of hydrogen-bond acceptors (Lipinski definition) is 5. The molecule has 0 unspecified atom stereocenters. The highest BCUT2D eigenvalue weighted by atomic mass is 32.1. The molecule has 0 spiro atoms. The Morgan fingerprint density at radius 3 is 1.66 bits per heavy atom. The highest BCUT2D eigenvalue weighted by Gasteiger charge is 2.30. The zero-order valence-corrected chi connectivity index (χ0v) is 34.7. The summed E-state index contributed by atoms with van der Waals surface area (Å²) < 4.78 is 5.40. The second kappa shape index (κ2) is 31.4. The van der Waals surface area contributed by atoms with Gasteiger partial charge in [0.2, 0.25) is 11.8 Å². The lowest BCUT2D eigenvalue weighted by atomic mass is 10.0. The Bertz CT molecular complexity index is 1260. The topological polar surface area (TPSA) is 75.7 Å². The summed E-state index contributed by atoms with van der Waals surface area (Å²) in [5.74, 6) is -0.268. The lowest BCUT2D eigenvalue weighted by Gasteiger charge is -2.27. The molecule has 53 heavy (non-hydrogen) atoms. The molecule has 0 saturated carbocycles. The third-order valence-electron chi connectivity index (χ3n) is 9.84. The number of allylic oxidation sites excluding steroid dienone is 8. The second-order valence-electron chi connectivity index (χ2n) is 14.5. The highest BCUT2D eigenvalue weighted by molar-refractivity contribution is 7.17. The number of anilines is 1. The molecule has 7 heteroatoms. The Labute approximate surface area is 328 Å². The van der Waals surface area contributed by atoms with Gasteiger partial charge in [-0.25, -0.2) is 4.79 Å². The van der Waals surface area contributed by atoms with Gasteiger partial charge in [-0.3, -0.25) is 9.59 Å². The smallest absolute Gasteiger partial charge is 0.341 e. The average Bonchev–Trinajstić information content (AvgIpc) is 3.51. The van der Waals surface area contributed by atoms with Crippen LogP contribution in [0.25, 0.3) is 0 Å². The Kier molecular flexibility index (Phi) is 27.4. The quantitative estimate of drug-likeness (QED) is 0.0466. The molecular weight excluding hydrogens is 677 g/mol. The standard InChI is InChI=1S/C46H74N2O4S/c1-4-7-9-11-13-15-17-19-21-23-25-27-29-31-33-35-42(49)47-45-44(46(51)52-6-3)40-37-38-48(39-41(40)53-45)43(50)36-34-32-30-28-26-24-22-20-18-16-14-12-10-8-5-2/h13-16,19-22H,4-12,17-18,23-39H2,1-3H3,(H,47,49)/b15-13-,16-14-,21-19-,22-20-. The van der Waals surface area contributed by atoms with Crippen LogP contribution < -0.4 is 5.32 Å². The van der Waals surface area contributed by atoms with E-state index < -0.39 is 0 Å². The number of hydrogen-bond donors (Lipinski definition) is 1. The van der Waals surface area contributed by atoms with E-state index in [0.29, 0.717) is 42.9 Å². The minimum absolute atomic E-state index is 0.0610. The third kappa shape index (κ3) is 21.5. The number of esters is 1. The van der Waals surface area contributed by atoms with E-state index in [9.17, 15) is 14.4 Å². The van der Waals surface area contributed by atoms with Crippen molar-refractivity contribution >= 4 is 34.1 Å². The van der Waals surface area contributed by atoms with Crippen molar-refractivity contribution in [2.45, 2.75) is 188 Å². The molecule has 2 rings (SSSR count). The fraction of sp³-hybridized carbons (Fsp3) is 0.674. The lowest BCUT2D eigenvalue weighted by Crippen LogP contribution is -2.35. The van der Waals surface area contributed by atoms with Gasteiger partial charge in [-0.15, -0.1) is 11.3 Å². The Morgan fingerprint density at radius 1 is 0.642 bits per heavy atom. The van der Waals surface area contributed by atoms with Gasteiger partial charge in [0.25, 0.3) is 0 Å². The molecule has 0 radical (unpaired) electrons. The summed E-state index contributed by atoms with van der Waals surface area (Å²) in [7, 11) is 0. The van der Waals surface area contributed by atoms with Crippen LogP contribution in [-0.4, -0.2) is 35.8 Å². The van der Waals surface area contributed by atoms with E-state index >= 15 is 0 Å². The predicted molar refractivity (Wildman–Crippen MR) is 227 cm³/mol. The van der Waals surface area contributed by atoms with Gasteiger partial charge in [0.15, 0.2) is 0 Å². The monoisotopic (exact) mass is 751 g/mol. The fourth-order valence-corrected chi connectivity index (χ4v) is 7.92. The number of carbonyl (C=O) groups is 3. The van der Waals surface area contributed by atoms with E-state index in [0.717, 1.165) is 74.6 Å². The Morgan fingerprint density at radius 2 is 1.13 bits per heavy atom. The van der Waals surface area contributed by atoms with E-state index in [1.165, 1.54) is 88.4 Å². The van der Waals surface area contributed by atoms with E-state index in [1.807, 2.05) is 4.90 Å². The van der Waals surface area contributed by atoms with Crippen molar-refractivity contribution in [3.05, 3.63) is 64.6 Å². The van der Waals surface area contributed by atoms with Crippen molar-refractivity contribution in [2.75, 3.05) is 18.5 Å². The molecule has 1 N–H and O–H groups in total. The summed E-state index contributed by atoms with van der Waals surface area (Å²) in [4.78, 5) is 42.0. The fourth-order valence-electron chi connectivity index (χ4n) is 6.66. The highest BCUT2D eigenvalue weighted by Crippen LogP contribution is 2.38. The van der Waals surface area contributed by atoms with Crippen LogP contribution in [0.2, 0.25) is 0 Å². The van der Waals surface area contributed by atoms with Crippen molar-refractivity contribution in [2.24, 2.45) is 0 Å². The van der Waals surface area contributed by atoms with Crippen molar-refractivity contribution < 1.29 is 19.1 Å². The van der Waals surface area contributed by atoms with Crippen LogP contribution in [0.3, 0.4) is 0 Å². The molecule has 298 valence electrons. The lowest BCUT2D eigenvalue weighted by molar-refractivity contribution is -0.132. The summed E-state index contributed by atoms with van der Waals surface area (Å²) in [6, 6.07) is 0. The maximum Gasteiger partial charge on any atom is 0.341 e. The first-order valence-electron chi connectivity index (χ1n) is 21.5. The Balaban J connectivity index is 1.66. The van der Waals surface area contributed by atoms with Crippen molar-refractivity contribution in [1.82, 2.24) is 4.90 Å². The van der Waals surface area contributed by atoms with Crippen molar-refractivity contribution in [3.8, 4) is 0 Å². The molecule has 0 atom stereocenters. The number of fused-ring (bicyclic) bond motifs is 1. The number of rotatable bonds is 31. The number of nitrogens with zero attached hydrogens (tertiary/aromatic N) is 1. The molecular formula is C46H74N2O4S. The van der Waals surface area contributed by atoms with E-state index in [-0.39, 0.29) is 24.4 Å². The van der Waals surface area contributed by atoms with Crippen LogP contribution in [0.1, 0.15) is 196 Å². The van der Waals surface area contributed by atoms with Gasteiger partial charge in [-0.2, -0.15) is 0 Å². The molecule has 1 aromatic heterocycles. The average molecular weight is 751 g/mol. The van der Waals surface area contributed by atoms with Gasteiger partial charge in [0, 0.05) is 24.3 Å². The predicted octanol–water partition coefficient (Wildman–Crippen LogP) is 13.4. The van der Waals surface area contributed by atoms with Gasteiger partial charge in [-0.1, -0.05) is 127 Å². The number of ether oxygens (including phenoxy) is 1. The minimum Gasteiger partial charge on any atom is -0.462 e. The second-order valence-corrected chi connectivity index (χ2v) is 15.6. The van der Waals surface area contributed by atoms with Crippen molar-refractivity contribution in [3.63, 3.8) is 0 Å². The van der Waals surface area contributed by atoms with Crippen LogP contribution in [-0.2, 0) is 27.3 Å². The van der Waals surface area contributed by atoms with Crippen LogP contribution in [0.4, 0.5) is 5.00 Å². The molecule has 1 aliphatic heterocycles. The number of amides is 2. The first kappa shape index (κ1) is 46.2. The molecule has 6 nitrogen and oxygen atoms in total. The third-order valence-corrected chi connectivity index (χ3v) is 11.0. The van der Waals surface area contributed by atoms with E-state index in [1.54, 1.807) is 6.92 Å². The molecule has 2 heterocycles.